The summed E-state index contributed by atoms with van der Waals surface area (Å²) in [4.78, 5) is 10.9. The van der Waals surface area contributed by atoms with Gasteiger partial charge in [0.2, 0.25) is 5.24 Å². The lowest BCUT2D eigenvalue weighted by Gasteiger charge is -2.06. The number of hydrogen-bond acceptors (Lipinski definition) is 1. The Morgan fingerprint density at radius 1 is 0.882 bits per heavy atom. The van der Waals surface area contributed by atoms with E-state index in [1.165, 1.54) is 56.9 Å². The van der Waals surface area contributed by atoms with E-state index in [4.69, 9.17) is 11.6 Å². The third-order valence-electron chi connectivity index (χ3n) is 3.02. The molecule has 0 aliphatic rings. The molecule has 2 heteroatoms. The molecular weight excluding hydrogens is 232 g/mol. The number of rotatable bonds is 11. The fourth-order valence-electron chi connectivity index (χ4n) is 1.99. The molecule has 0 bridgehead atoms. The van der Waals surface area contributed by atoms with Gasteiger partial charge in [0, 0.05) is 0 Å². The Balaban J connectivity index is 3.85. The van der Waals surface area contributed by atoms with Gasteiger partial charge >= 0.3 is 0 Å². The largest absolute Gasteiger partial charge is 0.276 e. The fraction of sp³-hybridized carbons (Fsp3) is 0.800. The molecule has 0 saturated carbocycles. The van der Waals surface area contributed by atoms with Crippen LogP contribution in [0.4, 0.5) is 0 Å². The van der Waals surface area contributed by atoms with Crippen molar-refractivity contribution in [3.63, 3.8) is 0 Å². The Labute approximate surface area is 112 Å². The zero-order valence-electron chi connectivity index (χ0n) is 11.4. The SMILES string of the molecule is CCCCCCC(=CC(=O)Cl)CCCCCC. The molecule has 0 spiro atoms. The van der Waals surface area contributed by atoms with Crippen molar-refractivity contribution >= 4 is 16.8 Å². The van der Waals surface area contributed by atoms with E-state index >= 15 is 0 Å². The molecule has 0 heterocycles. The lowest BCUT2D eigenvalue weighted by Crippen LogP contribution is -1.90. The van der Waals surface area contributed by atoms with E-state index < -0.39 is 0 Å². The van der Waals surface area contributed by atoms with Gasteiger partial charge in [0.25, 0.3) is 0 Å². The Hall–Kier alpha value is -0.300. The van der Waals surface area contributed by atoms with Crippen LogP contribution >= 0.6 is 11.6 Å². The summed E-state index contributed by atoms with van der Waals surface area (Å²) in [6.45, 7) is 4.42. The summed E-state index contributed by atoms with van der Waals surface area (Å²) >= 11 is 5.44. The summed E-state index contributed by atoms with van der Waals surface area (Å²) in [6, 6.07) is 0. The monoisotopic (exact) mass is 258 g/mol. The average molecular weight is 259 g/mol. The maximum absolute atomic E-state index is 10.9. The van der Waals surface area contributed by atoms with Gasteiger partial charge in [-0.05, 0) is 43.4 Å². The molecule has 0 amide bonds. The number of carbonyl (C=O) groups excluding carboxylic acids is 1. The van der Waals surface area contributed by atoms with E-state index in [2.05, 4.69) is 13.8 Å². The van der Waals surface area contributed by atoms with Crippen LogP contribution in [-0.2, 0) is 4.79 Å². The van der Waals surface area contributed by atoms with Gasteiger partial charge in [0.05, 0.1) is 0 Å². The van der Waals surface area contributed by atoms with Crippen LogP contribution in [0.1, 0.15) is 78.1 Å². The minimum absolute atomic E-state index is 0.314. The second kappa shape index (κ2) is 12.2. The first-order valence-corrected chi connectivity index (χ1v) is 7.47. The van der Waals surface area contributed by atoms with Gasteiger partial charge in [-0.1, -0.05) is 57.9 Å². The van der Waals surface area contributed by atoms with Crippen molar-refractivity contribution in [2.45, 2.75) is 78.1 Å². The molecule has 0 aliphatic heterocycles. The molecule has 0 aliphatic carbocycles. The average Bonchev–Trinajstić information content (AvgIpc) is 2.29. The van der Waals surface area contributed by atoms with E-state index in [9.17, 15) is 4.79 Å². The summed E-state index contributed by atoms with van der Waals surface area (Å²) in [5.41, 5.74) is 1.25. The van der Waals surface area contributed by atoms with Gasteiger partial charge in [-0.15, -0.1) is 0 Å². The number of carbonyl (C=O) groups is 1. The van der Waals surface area contributed by atoms with Crippen molar-refractivity contribution < 1.29 is 4.79 Å². The number of allylic oxidation sites excluding steroid dienone is 2. The molecule has 0 saturated heterocycles. The van der Waals surface area contributed by atoms with Crippen molar-refractivity contribution in [2.24, 2.45) is 0 Å². The van der Waals surface area contributed by atoms with Crippen molar-refractivity contribution in [3.8, 4) is 0 Å². The van der Waals surface area contributed by atoms with Crippen molar-refractivity contribution in [1.82, 2.24) is 0 Å². The molecule has 0 radical (unpaired) electrons. The Kier molecular flexibility index (Phi) is 12.0. The minimum Gasteiger partial charge on any atom is -0.276 e. The number of hydrogen-bond donors (Lipinski definition) is 0. The number of unbranched alkanes of at least 4 members (excludes halogenated alkanes) is 6. The molecule has 0 aromatic carbocycles. The van der Waals surface area contributed by atoms with Gasteiger partial charge in [-0.3, -0.25) is 4.79 Å². The molecule has 0 atom stereocenters. The van der Waals surface area contributed by atoms with Gasteiger partial charge in [-0.2, -0.15) is 0 Å². The second-order valence-electron chi connectivity index (χ2n) is 4.73. The lowest BCUT2D eigenvalue weighted by atomic mass is 10.0. The molecular formula is C15H27ClO. The highest BCUT2D eigenvalue weighted by molar-refractivity contribution is 6.66. The highest BCUT2D eigenvalue weighted by atomic mass is 35.5. The van der Waals surface area contributed by atoms with Crippen LogP contribution in [0.5, 0.6) is 0 Å². The van der Waals surface area contributed by atoms with E-state index in [0.717, 1.165) is 12.8 Å². The van der Waals surface area contributed by atoms with E-state index in [-0.39, 0.29) is 5.24 Å². The topological polar surface area (TPSA) is 17.1 Å². The molecule has 0 fully saturated rings. The molecule has 0 aromatic rings. The summed E-state index contributed by atoms with van der Waals surface area (Å²) in [7, 11) is 0. The normalized spacial score (nSPS) is 10.3. The second-order valence-corrected chi connectivity index (χ2v) is 5.10. The highest BCUT2D eigenvalue weighted by Crippen LogP contribution is 2.17. The van der Waals surface area contributed by atoms with Crippen LogP contribution in [0.2, 0.25) is 0 Å². The van der Waals surface area contributed by atoms with Crippen LogP contribution in [0.15, 0.2) is 11.6 Å². The molecule has 0 N–H and O–H groups in total. The third kappa shape index (κ3) is 12.0. The molecule has 1 nitrogen and oxygen atoms in total. The fourth-order valence-corrected chi connectivity index (χ4v) is 2.14. The number of halogens is 1. The highest BCUT2D eigenvalue weighted by Gasteiger charge is 2.01. The summed E-state index contributed by atoms with van der Waals surface area (Å²) in [5.74, 6) is 0. The van der Waals surface area contributed by atoms with E-state index in [1.54, 1.807) is 6.08 Å². The predicted octanol–water partition coefficient (Wildman–Crippen LogP) is 5.62. The predicted molar refractivity (Wildman–Crippen MR) is 76.5 cm³/mol. The van der Waals surface area contributed by atoms with E-state index in [0.29, 0.717) is 0 Å². The first-order valence-electron chi connectivity index (χ1n) is 7.09. The van der Waals surface area contributed by atoms with Crippen molar-refractivity contribution in [3.05, 3.63) is 11.6 Å². The molecule has 17 heavy (non-hydrogen) atoms. The van der Waals surface area contributed by atoms with Gasteiger partial charge in [0.15, 0.2) is 0 Å². The maximum Gasteiger partial charge on any atom is 0.245 e. The van der Waals surface area contributed by atoms with Crippen LogP contribution in [0.25, 0.3) is 0 Å². The van der Waals surface area contributed by atoms with Crippen molar-refractivity contribution in [2.75, 3.05) is 0 Å². The Morgan fingerprint density at radius 2 is 1.35 bits per heavy atom. The smallest absolute Gasteiger partial charge is 0.245 e. The van der Waals surface area contributed by atoms with Crippen LogP contribution in [0.3, 0.4) is 0 Å². The zero-order chi connectivity index (χ0) is 12.9. The quantitative estimate of drug-likeness (QED) is 0.267. The standard InChI is InChI=1S/C15H27ClO/c1-3-5-7-9-11-14(13-15(16)17)12-10-8-6-4-2/h13H,3-12H2,1-2H3. The molecule has 0 rings (SSSR count). The van der Waals surface area contributed by atoms with Gasteiger partial charge in [-0.25, -0.2) is 0 Å². The molecule has 0 unspecified atom stereocenters. The summed E-state index contributed by atoms with van der Waals surface area (Å²) in [5, 5.41) is -0.314. The van der Waals surface area contributed by atoms with Crippen molar-refractivity contribution in [1.29, 1.82) is 0 Å². The first-order chi connectivity index (χ1) is 8.20. The molecule has 0 aromatic heterocycles. The third-order valence-corrected chi connectivity index (χ3v) is 3.13. The van der Waals surface area contributed by atoms with E-state index in [1.807, 2.05) is 0 Å². The Bertz CT molecular complexity index is 207. The first kappa shape index (κ1) is 16.7. The molecule has 100 valence electrons. The summed E-state index contributed by atoms with van der Waals surface area (Å²) in [6.07, 6.45) is 13.7. The van der Waals surface area contributed by atoms with Crippen LogP contribution in [0, 0.1) is 0 Å². The van der Waals surface area contributed by atoms with Crippen LogP contribution in [-0.4, -0.2) is 5.24 Å². The maximum atomic E-state index is 10.9. The van der Waals surface area contributed by atoms with Gasteiger partial charge in [0.1, 0.15) is 0 Å². The van der Waals surface area contributed by atoms with Gasteiger partial charge < -0.3 is 0 Å². The Morgan fingerprint density at radius 3 is 1.71 bits per heavy atom. The zero-order valence-corrected chi connectivity index (χ0v) is 12.2. The van der Waals surface area contributed by atoms with Crippen LogP contribution < -0.4 is 0 Å². The lowest BCUT2D eigenvalue weighted by molar-refractivity contribution is -0.107. The summed E-state index contributed by atoms with van der Waals surface area (Å²) < 4.78 is 0. The minimum atomic E-state index is -0.314.